The fourth-order valence-corrected chi connectivity index (χ4v) is 11.1. The van der Waals surface area contributed by atoms with Crippen LogP contribution in [0, 0.1) is 0 Å². The first-order valence-electron chi connectivity index (χ1n) is 36.5. The van der Waals surface area contributed by atoms with Gasteiger partial charge in [-0.05, 0) is 77.0 Å². The van der Waals surface area contributed by atoms with E-state index in [4.69, 9.17) is 18.5 Å². The van der Waals surface area contributed by atoms with Gasteiger partial charge in [0, 0.05) is 12.8 Å². The number of ether oxygens (including phenoxy) is 2. The molecule has 0 amide bonds. The van der Waals surface area contributed by atoms with Gasteiger partial charge in [0.05, 0.1) is 27.7 Å². The van der Waals surface area contributed by atoms with Crippen molar-refractivity contribution in [3.63, 3.8) is 0 Å². The Hall–Kier alpha value is -3.07. The second-order valence-electron chi connectivity index (χ2n) is 25.6. The Morgan fingerprint density at radius 3 is 0.977 bits per heavy atom. The van der Waals surface area contributed by atoms with Crippen molar-refractivity contribution in [3.8, 4) is 0 Å². The van der Waals surface area contributed by atoms with Gasteiger partial charge in [-0.2, -0.15) is 0 Å². The standard InChI is InChI=1S/C77H138NO8P/c1-6-8-10-12-14-16-18-20-22-24-26-28-30-31-32-33-34-35-36-37-38-39-40-41-42-43-44-45-46-47-48-50-52-54-56-58-60-62-64-66-68-70-77(80)86-75(74-85-87(81,82)84-72-71-78(3,4)5)73-83-76(79)69-67-65-63-61-59-57-55-53-51-49-29-27-25-23-21-19-17-15-13-11-9-7-2/h8,10,14,16,20,22,26,28,31-32,34-35,37-38,40-41,75H,6-7,9,11-13,15,17-19,21,23-25,27,29-30,33,36,39,42-74H2,1-5H3/p+1/b10-8-,16-14-,22-20-,28-26-,32-31-,35-34-,38-37-,41-40-. The van der Waals surface area contributed by atoms with Gasteiger partial charge in [0.1, 0.15) is 19.8 Å². The van der Waals surface area contributed by atoms with Gasteiger partial charge in [-0.25, -0.2) is 4.57 Å². The second kappa shape index (κ2) is 67.3. The Morgan fingerprint density at radius 1 is 0.368 bits per heavy atom. The van der Waals surface area contributed by atoms with E-state index in [1.165, 1.54) is 212 Å². The first-order valence-corrected chi connectivity index (χ1v) is 38.0. The molecule has 9 nitrogen and oxygen atoms in total. The maximum absolute atomic E-state index is 12.9. The van der Waals surface area contributed by atoms with Crippen LogP contribution in [0.2, 0.25) is 0 Å². The molecule has 0 saturated carbocycles. The highest BCUT2D eigenvalue weighted by Gasteiger charge is 2.27. The van der Waals surface area contributed by atoms with E-state index in [9.17, 15) is 19.0 Å². The molecule has 0 aromatic carbocycles. The topological polar surface area (TPSA) is 108 Å². The maximum Gasteiger partial charge on any atom is 0.472 e. The lowest BCUT2D eigenvalue weighted by molar-refractivity contribution is -0.870. The molecular weight excluding hydrogens is 1100 g/mol. The van der Waals surface area contributed by atoms with Crippen LogP contribution in [0.1, 0.15) is 328 Å². The molecule has 0 rings (SSSR count). The predicted molar refractivity (Wildman–Crippen MR) is 376 cm³/mol. The van der Waals surface area contributed by atoms with Crippen molar-refractivity contribution in [1.29, 1.82) is 0 Å². The number of likely N-dealkylation sites (N-methyl/N-ethyl adjacent to an activating group) is 1. The minimum absolute atomic E-state index is 0.0316. The number of unbranched alkanes of at least 4 members (excludes halogenated alkanes) is 37. The Bertz CT molecular complexity index is 1790. The van der Waals surface area contributed by atoms with Crippen LogP contribution < -0.4 is 0 Å². The number of quaternary nitrogens is 1. The Labute approximate surface area is 538 Å². The number of allylic oxidation sites excluding steroid dienone is 16. The largest absolute Gasteiger partial charge is 0.472 e. The third-order valence-electron chi connectivity index (χ3n) is 15.9. The maximum atomic E-state index is 12.9. The van der Waals surface area contributed by atoms with Crippen LogP contribution in [0.5, 0.6) is 0 Å². The SMILES string of the molecule is CC/C=C\C/C=C\C/C=C\C/C=C\C/C=C\C/C=C\C/C=C\C/C=C\CCCCCCCCCCCCCCCCCCC(=O)OC(COC(=O)CCCCCCCCCCCCCCCCCCCCCCCC)COP(=O)(O)OCC[N+](C)(C)C. The highest BCUT2D eigenvalue weighted by Crippen LogP contribution is 2.43. The molecule has 0 aromatic heterocycles. The number of hydrogen-bond acceptors (Lipinski definition) is 7. The Morgan fingerprint density at radius 2 is 0.655 bits per heavy atom. The summed E-state index contributed by atoms with van der Waals surface area (Å²) in [5, 5.41) is 0. The third kappa shape index (κ3) is 71.9. The van der Waals surface area contributed by atoms with Crippen molar-refractivity contribution in [2.45, 2.75) is 335 Å². The average molecular weight is 1240 g/mol. The molecule has 10 heteroatoms. The molecule has 87 heavy (non-hydrogen) atoms. The average Bonchev–Trinajstić information content (AvgIpc) is 3.50. The molecule has 504 valence electrons. The van der Waals surface area contributed by atoms with Gasteiger partial charge in [-0.15, -0.1) is 0 Å². The second-order valence-corrected chi connectivity index (χ2v) is 27.1. The molecule has 0 aliphatic carbocycles. The number of carbonyl (C=O) groups excluding carboxylic acids is 2. The lowest BCUT2D eigenvalue weighted by atomic mass is 10.0. The minimum Gasteiger partial charge on any atom is -0.462 e. The van der Waals surface area contributed by atoms with Crippen molar-refractivity contribution >= 4 is 19.8 Å². The van der Waals surface area contributed by atoms with Crippen LogP contribution >= 0.6 is 7.82 Å². The van der Waals surface area contributed by atoms with E-state index in [1.807, 2.05) is 21.1 Å². The summed E-state index contributed by atoms with van der Waals surface area (Å²) in [6.45, 7) is 4.37. The summed E-state index contributed by atoms with van der Waals surface area (Å²) in [4.78, 5) is 35.9. The van der Waals surface area contributed by atoms with E-state index in [0.29, 0.717) is 23.9 Å². The molecule has 0 saturated heterocycles. The van der Waals surface area contributed by atoms with Crippen LogP contribution in [0.3, 0.4) is 0 Å². The van der Waals surface area contributed by atoms with Crippen molar-refractivity contribution in [1.82, 2.24) is 0 Å². The predicted octanol–water partition coefficient (Wildman–Crippen LogP) is 23.9. The van der Waals surface area contributed by atoms with Crippen molar-refractivity contribution in [2.75, 3.05) is 47.5 Å². The molecule has 0 radical (unpaired) electrons. The number of carbonyl (C=O) groups is 2. The van der Waals surface area contributed by atoms with E-state index in [2.05, 4.69) is 111 Å². The number of rotatable bonds is 67. The molecule has 0 bridgehead atoms. The first-order chi connectivity index (χ1) is 42.5. The van der Waals surface area contributed by atoms with E-state index >= 15 is 0 Å². The van der Waals surface area contributed by atoms with E-state index < -0.39 is 26.5 Å². The molecular formula is C77H139NO8P+. The molecule has 0 aliphatic rings. The van der Waals surface area contributed by atoms with Crippen LogP contribution in [-0.2, 0) is 32.7 Å². The summed E-state index contributed by atoms with van der Waals surface area (Å²) in [6, 6.07) is 0. The zero-order chi connectivity index (χ0) is 63.4. The zero-order valence-corrected chi connectivity index (χ0v) is 58.4. The van der Waals surface area contributed by atoms with Crippen LogP contribution in [0.15, 0.2) is 97.2 Å². The third-order valence-corrected chi connectivity index (χ3v) is 16.9. The first kappa shape index (κ1) is 83.9. The summed E-state index contributed by atoms with van der Waals surface area (Å²) in [5.41, 5.74) is 0. The fraction of sp³-hybridized carbons (Fsp3) is 0.766. The molecule has 2 atom stereocenters. The highest BCUT2D eigenvalue weighted by molar-refractivity contribution is 7.47. The molecule has 2 unspecified atom stereocenters. The van der Waals surface area contributed by atoms with E-state index in [1.54, 1.807) is 0 Å². The van der Waals surface area contributed by atoms with Crippen LogP contribution in [-0.4, -0.2) is 74.9 Å². The number of esters is 2. The lowest BCUT2D eigenvalue weighted by Gasteiger charge is -2.24. The van der Waals surface area contributed by atoms with Gasteiger partial charge in [0.25, 0.3) is 0 Å². The van der Waals surface area contributed by atoms with Crippen molar-refractivity contribution < 1.29 is 42.1 Å². The van der Waals surface area contributed by atoms with Gasteiger partial charge in [-0.1, -0.05) is 336 Å². The molecule has 0 fully saturated rings. The highest BCUT2D eigenvalue weighted by atomic mass is 31.2. The fourth-order valence-electron chi connectivity index (χ4n) is 10.3. The van der Waals surface area contributed by atoms with Crippen LogP contribution in [0.4, 0.5) is 0 Å². The molecule has 0 heterocycles. The van der Waals surface area contributed by atoms with Gasteiger partial charge in [0.2, 0.25) is 0 Å². The molecule has 0 aromatic rings. The number of phosphoric ester groups is 1. The lowest BCUT2D eigenvalue weighted by Crippen LogP contribution is -2.37. The normalized spacial score (nSPS) is 13.7. The van der Waals surface area contributed by atoms with Gasteiger partial charge >= 0.3 is 19.8 Å². The summed E-state index contributed by atoms with van der Waals surface area (Å²) in [6.07, 6.45) is 93.8. The molecule has 0 spiro atoms. The Balaban J connectivity index is 3.98. The monoisotopic (exact) mass is 1240 g/mol. The minimum atomic E-state index is -4.39. The summed E-state index contributed by atoms with van der Waals surface area (Å²) < 4.78 is 34.7. The number of hydrogen-bond donors (Lipinski definition) is 1. The van der Waals surface area contributed by atoms with Crippen LogP contribution in [0.25, 0.3) is 0 Å². The van der Waals surface area contributed by atoms with Gasteiger partial charge < -0.3 is 18.9 Å². The van der Waals surface area contributed by atoms with Crippen molar-refractivity contribution in [2.24, 2.45) is 0 Å². The van der Waals surface area contributed by atoms with E-state index in [0.717, 1.165) is 83.5 Å². The molecule has 0 aliphatic heterocycles. The van der Waals surface area contributed by atoms with Gasteiger partial charge in [0.15, 0.2) is 6.10 Å². The molecule has 1 N–H and O–H groups in total. The summed E-state index contributed by atoms with van der Waals surface area (Å²) in [5.74, 6) is -0.783. The van der Waals surface area contributed by atoms with Gasteiger partial charge in [-0.3, -0.25) is 18.6 Å². The zero-order valence-electron chi connectivity index (χ0n) is 57.5. The summed E-state index contributed by atoms with van der Waals surface area (Å²) in [7, 11) is 1.49. The number of phosphoric acid groups is 1. The smallest absolute Gasteiger partial charge is 0.462 e. The summed E-state index contributed by atoms with van der Waals surface area (Å²) >= 11 is 0. The number of nitrogens with zero attached hydrogens (tertiary/aromatic N) is 1. The van der Waals surface area contributed by atoms with Crippen molar-refractivity contribution in [3.05, 3.63) is 97.2 Å². The quantitative estimate of drug-likeness (QED) is 0.0211. The van der Waals surface area contributed by atoms with E-state index in [-0.39, 0.29) is 25.6 Å². The Kier molecular flexibility index (Phi) is 65.0.